The fourth-order valence-electron chi connectivity index (χ4n) is 0.977. The molecule has 0 bridgehead atoms. The Balaban J connectivity index is 2.19. The Morgan fingerprint density at radius 3 is 2.93 bits per heavy atom. The van der Waals surface area contributed by atoms with Gasteiger partial charge in [-0.05, 0) is 6.07 Å². The van der Waals surface area contributed by atoms with E-state index in [0.29, 0.717) is 18.5 Å². The van der Waals surface area contributed by atoms with E-state index < -0.39 is 6.10 Å². The lowest BCUT2D eigenvalue weighted by atomic mass is 10.3. The summed E-state index contributed by atoms with van der Waals surface area (Å²) in [6.07, 6.45) is 1.04. The molecule has 5 heteroatoms. The van der Waals surface area contributed by atoms with Crippen LogP contribution in [0.5, 0.6) is 5.88 Å². The Kier molecular flexibility index (Phi) is 5.00. The van der Waals surface area contributed by atoms with Crippen LogP contribution in [0.15, 0.2) is 18.3 Å². The monoisotopic (exact) mass is 211 g/mol. The minimum atomic E-state index is -0.533. The Hall–Kier alpha value is -1.20. The quantitative estimate of drug-likeness (QED) is 0.704. The number of nitrogens with zero attached hydrogens (tertiary/aromatic N) is 2. The third kappa shape index (κ3) is 5.29. The lowest BCUT2D eigenvalue weighted by molar-refractivity contribution is 0.101. The summed E-state index contributed by atoms with van der Waals surface area (Å²) in [6.45, 7) is 4.78. The summed E-state index contributed by atoms with van der Waals surface area (Å²) >= 11 is 0. The van der Waals surface area contributed by atoms with E-state index in [1.807, 2.05) is 13.8 Å². The van der Waals surface area contributed by atoms with Crippen molar-refractivity contribution >= 4 is 0 Å². The van der Waals surface area contributed by atoms with E-state index in [4.69, 9.17) is 4.74 Å². The first-order chi connectivity index (χ1) is 7.18. The Morgan fingerprint density at radius 1 is 1.53 bits per heavy atom. The first kappa shape index (κ1) is 11.9. The molecule has 0 amide bonds. The van der Waals surface area contributed by atoms with Crippen LogP contribution in [-0.2, 0) is 0 Å². The SMILES string of the molecule is CC(C)NCC(O)COc1cccnn1. The first-order valence-electron chi connectivity index (χ1n) is 5.00. The van der Waals surface area contributed by atoms with Gasteiger partial charge in [-0.1, -0.05) is 13.8 Å². The molecule has 0 aliphatic carbocycles. The number of aliphatic hydroxyl groups is 1. The second-order valence-electron chi connectivity index (χ2n) is 3.59. The van der Waals surface area contributed by atoms with Crippen LogP contribution in [0.4, 0.5) is 0 Å². The molecule has 1 unspecified atom stereocenters. The summed E-state index contributed by atoms with van der Waals surface area (Å²) in [4.78, 5) is 0. The van der Waals surface area contributed by atoms with E-state index in [0.717, 1.165) is 0 Å². The van der Waals surface area contributed by atoms with Gasteiger partial charge in [0.05, 0.1) is 0 Å². The van der Waals surface area contributed by atoms with Crippen LogP contribution in [0.3, 0.4) is 0 Å². The molecule has 0 saturated carbocycles. The molecule has 1 rings (SSSR count). The van der Waals surface area contributed by atoms with Gasteiger partial charge in [-0.15, -0.1) is 5.10 Å². The van der Waals surface area contributed by atoms with Crippen molar-refractivity contribution in [1.82, 2.24) is 15.5 Å². The molecular weight excluding hydrogens is 194 g/mol. The van der Waals surface area contributed by atoms with Crippen molar-refractivity contribution in [3.63, 3.8) is 0 Å². The predicted octanol–water partition coefficient (Wildman–Crippen LogP) is 0.214. The molecule has 1 atom stereocenters. The number of aliphatic hydroxyl groups excluding tert-OH is 1. The van der Waals surface area contributed by atoms with Gasteiger partial charge >= 0.3 is 0 Å². The molecule has 0 aliphatic heterocycles. The van der Waals surface area contributed by atoms with Crippen LogP contribution < -0.4 is 10.1 Å². The second kappa shape index (κ2) is 6.31. The Morgan fingerprint density at radius 2 is 2.33 bits per heavy atom. The third-order valence-electron chi connectivity index (χ3n) is 1.73. The topological polar surface area (TPSA) is 67.3 Å². The van der Waals surface area contributed by atoms with Crippen molar-refractivity contribution in [1.29, 1.82) is 0 Å². The molecule has 0 spiro atoms. The molecule has 1 aromatic rings. The van der Waals surface area contributed by atoms with Crippen LogP contribution in [0.25, 0.3) is 0 Å². The van der Waals surface area contributed by atoms with Gasteiger partial charge in [0.1, 0.15) is 12.7 Å². The van der Waals surface area contributed by atoms with Gasteiger partial charge in [0.25, 0.3) is 0 Å². The average molecular weight is 211 g/mol. The highest BCUT2D eigenvalue weighted by atomic mass is 16.5. The van der Waals surface area contributed by atoms with Crippen molar-refractivity contribution in [2.45, 2.75) is 26.0 Å². The minimum absolute atomic E-state index is 0.221. The molecule has 0 saturated heterocycles. The maximum atomic E-state index is 9.52. The van der Waals surface area contributed by atoms with Crippen LogP contribution >= 0.6 is 0 Å². The maximum absolute atomic E-state index is 9.52. The van der Waals surface area contributed by atoms with Gasteiger partial charge in [-0.3, -0.25) is 0 Å². The number of nitrogens with one attached hydrogen (secondary N) is 1. The zero-order valence-electron chi connectivity index (χ0n) is 9.05. The lowest BCUT2D eigenvalue weighted by Crippen LogP contribution is -2.35. The molecule has 0 fully saturated rings. The molecule has 5 nitrogen and oxygen atoms in total. The van der Waals surface area contributed by atoms with Gasteiger partial charge in [0, 0.05) is 24.8 Å². The smallest absolute Gasteiger partial charge is 0.233 e. The van der Waals surface area contributed by atoms with Crippen molar-refractivity contribution < 1.29 is 9.84 Å². The standard InChI is InChI=1S/C10H17N3O2/c1-8(2)11-6-9(14)7-15-10-4-3-5-12-13-10/h3-5,8-9,11,14H,6-7H2,1-2H3. The van der Waals surface area contributed by atoms with Crippen LogP contribution in [0.2, 0.25) is 0 Å². The van der Waals surface area contributed by atoms with E-state index in [-0.39, 0.29) is 6.61 Å². The number of rotatable bonds is 6. The first-order valence-corrected chi connectivity index (χ1v) is 5.00. The molecule has 2 N–H and O–H groups in total. The maximum Gasteiger partial charge on any atom is 0.233 e. The highest BCUT2D eigenvalue weighted by molar-refractivity contribution is 5.05. The minimum Gasteiger partial charge on any atom is -0.474 e. The van der Waals surface area contributed by atoms with Crippen LogP contribution in [0, 0.1) is 0 Å². The van der Waals surface area contributed by atoms with E-state index in [1.54, 1.807) is 18.3 Å². The summed E-state index contributed by atoms with van der Waals surface area (Å²) in [6, 6.07) is 3.80. The summed E-state index contributed by atoms with van der Waals surface area (Å²) in [5, 5.41) is 20.0. The lowest BCUT2D eigenvalue weighted by Gasteiger charge is -2.14. The van der Waals surface area contributed by atoms with Crippen molar-refractivity contribution in [2.75, 3.05) is 13.2 Å². The second-order valence-corrected chi connectivity index (χ2v) is 3.59. The van der Waals surface area contributed by atoms with Gasteiger partial charge in [0.15, 0.2) is 0 Å². The van der Waals surface area contributed by atoms with E-state index in [2.05, 4.69) is 15.5 Å². The van der Waals surface area contributed by atoms with Crippen LogP contribution in [0.1, 0.15) is 13.8 Å². The van der Waals surface area contributed by atoms with Crippen LogP contribution in [-0.4, -0.2) is 40.6 Å². The van der Waals surface area contributed by atoms with Crippen molar-refractivity contribution in [3.8, 4) is 5.88 Å². The van der Waals surface area contributed by atoms with Gasteiger partial charge < -0.3 is 15.2 Å². The fraction of sp³-hybridized carbons (Fsp3) is 0.600. The highest BCUT2D eigenvalue weighted by Crippen LogP contribution is 2.01. The Bertz CT molecular complexity index is 267. The van der Waals surface area contributed by atoms with E-state index in [9.17, 15) is 5.11 Å². The zero-order valence-corrected chi connectivity index (χ0v) is 9.05. The summed E-state index contributed by atoms with van der Waals surface area (Å²) in [5.41, 5.74) is 0. The Labute approximate surface area is 89.5 Å². The fourth-order valence-corrected chi connectivity index (χ4v) is 0.977. The summed E-state index contributed by atoms with van der Waals surface area (Å²) < 4.78 is 5.24. The molecule has 0 aliphatic rings. The normalized spacial score (nSPS) is 12.8. The van der Waals surface area contributed by atoms with Gasteiger partial charge in [0.2, 0.25) is 5.88 Å². The molecule has 1 aromatic heterocycles. The predicted molar refractivity (Wildman–Crippen MR) is 56.7 cm³/mol. The molecule has 84 valence electrons. The van der Waals surface area contributed by atoms with Crippen molar-refractivity contribution in [2.24, 2.45) is 0 Å². The number of ether oxygens (including phenoxy) is 1. The molecule has 1 heterocycles. The summed E-state index contributed by atoms with van der Waals surface area (Å²) in [7, 11) is 0. The molecule has 0 radical (unpaired) electrons. The van der Waals surface area contributed by atoms with Crippen molar-refractivity contribution in [3.05, 3.63) is 18.3 Å². The van der Waals surface area contributed by atoms with E-state index >= 15 is 0 Å². The largest absolute Gasteiger partial charge is 0.474 e. The van der Waals surface area contributed by atoms with Gasteiger partial charge in [-0.25, -0.2) is 0 Å². The zero-order chi connectivity index (χ0) is 11.1. The summed E-state index contributed by atoms with van der Waals surface area (Å²) in [5.74, 6) is 0.432. The third-order valence-corrected chi connectivity index (χ3v) is 1.73. The number of hydrogen-bond donors (Lipinski definition) is 2. The molecule has 0 aromatic carbocycles. The number of aromatic nitrogens is 2. The molecule has 15 heavy (non-hydrogen) atoms. The van der Waals surface area contributed by atoms with Gasteiger partial charge in [-0.2, -0.15) is 5.10 Å². The molecular formula is C10H17N3O2. The van der Waals surface area contributed by atoms with E-state index in [1.165, 1.54) is 0 Å². The average Bonchev–Trinajstić information content (AvgIpc) is 2.25. The highest BCUT2D eigenvalue weighted by Gasteiger charge is 2.06. The number of hydrogen-bond acceptors (Lipinski definition) is 5.